The summed E-state index contributed by atoms with van der Waals surface area (Å²) in [6, 6.07) is 11.7. The maximum atomic E-state index is 13.3. The van der Waals surface area contributed by atoms with Gasteiger partial charge in [0.1, 0.15) is 11.8 Å². The van der Waals surface area contributed by atoms with E-state index >= 15 is 0 Å². The standard InChI is InChI=1S/C23H30N2O4S/c1-16(2)13-22(24-30(27,28)21-9-5-17(3)6-10-21)23(26)25-12-11-18-7-8-20(29-4)14-19(18)15-25/h5-10,14,16,22,24H,11-13,15H2,1-4H3. The van der Waals surface area contributed by atoms with Crippen molar-refractivity contribution in [2.75, 3.05) is 13.7 Å². The van der Waals surface area contributed by atoms with E-state index in [4.69, 9.17) is 4.74 Å². The summed E-state index contributed by atoms with van der Waals surface area (Å²) in [6.45, 7) is 6.89. The van der Waals surface area contributed by atoms with Crippen molar-refractivity contribution < 1.29 is 17.9 Å². The van der Waals surface area contributed by atoms with Crippen molar-refractivity contribution in [3.8, 4) is 5.75 Å². The van der Waals surface area contributed by atoms with Crippen LogP contribution in [0.5, 0.6) is 5.75 Å². The number of nitrogens with one attached hydrogen (secondary N) is 1. The van der Waals surface area contributed by atoms with Gasteiger partial charge in [-0.15, -0.1) is 0 Å². The number of carbonyl (C=O) groups is 1. The third-order valence-corrected chi connectivity index (χ3v) is 6.86. The van der Waals surface area contributed by atoms with Crippen molar-refractivity contribution in [2.24, 2.45) is 5.92 Å². The Balaban J connectivity index is 1.81. The average Bonchev–Trinajstić information content (AvgIpc) is 2.71. The lowest BCUT2D eigenvalue weighted by molar-refractivity contribution is -0.134. The molecular weight excluding hydrogens is 400 g/mol. The van der Waals surface area contributed by atoms with E-state index < -0.39 is 16.1 Å². The smallest absolute Gasteiger partial charge is 0.241 e. The van der Waals surface area contributed by atoms with Gasteiger partial charge in [0.05, 0.1) is 12.0 Å². The van der Waals surface area contributed by atoms with Gasteiger partial charge in [-0.1, -0.05) is 37.6 Å². The second kappa shape index (κ2) is 9.18. The predicted molar refractivity (Wildman–Crippen MR) is 117 cm³/mol. The van der Waals surface area contributed by atoms with Gasteiger partial charge in [0.15, 0.2) is 0 Å². The first-order valence-electron chi connectivity index (χ1n) is 10.2. The molecule has 0 saturated heterocycles. The van der Waals surface area contributed by atoms with E-state index in [-0.39, 0.29) is 16.7 Å². The molecule has 0 radical (unpaired) electrons. The quantitative estimate of drug-likeness (QED) is 0.731. The van der Waals surface area contributed by atoms with Crippen LogP contribution >= 0.6 is 0 Å². The predicted octanol–water partition coefficient (Wildman–Crippen LogP) is 3.28. The average molecular weight is 431 g/mol. The lowest BCUT2D eigenvalue weighted by atomic mass is 9.97. The number of hydrogen-bond donors (Lipinski definition) is 1. The van der Waals surface area contributed by atoms with Crippen LogP contribution in [0.15, 0.2) is 47.4 Å². The molecule has 0 spiro atoms. The molecule has 0 saturated carbocycles. The van der Waals surface area contributed by atoms with Crippen LogP contribution in [0.4, 0.5) is 0 Å². The molecule has 0 aromatic heterocycles. The van der Waals surface area contributed by atoms with Gasteiger partial charge in [-0.25, -0.2) is 8.42 Å². The minimum absolute atomic E-state index is 0.164. The number of amides is 1. The van der Waals surface area contributed by atoms with Crippen LogP contribution in [-0.2, 0) is 27.8 Å². The Morgan fingerprint density at radius 2 is 1.83 bits per heavy atom. The topological polar surface area (TPSA) is 75.7 Å². The zero-order valence-electron chi connectivity index (χ0n) is 18.0. The van der Waals surface area contributed by atoms with Crippen LogP contribution in [0.25, 0.3) is 0 Å². The molecule has 1 unspecified atom stereocenters. The Morgan fingerprint density at radius 1 is 1.13 bits per heavy atom. The van der Waals surface area contributed by atoms with E-state index in [9.17, 15) is 13.2 Å². The highest BCUT2D eigenvalue weighted by molar-refractivity contribution is 7.89. The molecular formula is C23H30N2O4S. The lowest BCUT2D eigenvalue weighted by Gasteiger charge is -2.32. The van der Waals surface area contributed by atoms with Crippen molar-refractivity contribution in [3.05, 3.63) is 59.2 Å². The Morgan fingerprint density at radius 3 is 2.47 bits per heavy atom. The van der Waals surface area contributed by atoms with E-state index in [1.54, 1.807) is 36.3 Å². The van der Waals surface area contributed by atoms with Crippen molar-refractivity contribution >= 4 is 15.9 Å². The molecule has 1 amide bonds. The Hall–Kier alpha value is -2.38. The maximum absolute atomic E-state index is 13.3. The number of carbonyl (C=O) groups excluding carboxylic acids is 1. The third kappa shape index (κ3) is 5.21. The van der Waals surface area contributed by atoms with E-state index in [1.807, 2.05) is 39.0 Å². The molecule has 0 fully saturated rings. The fourth-order valence-corrected chi connectivity index (χ4v) is 4.91. The number of fused-ring (bicyclic) bond motifs is 1. The van der Waals surface area contributed by atoms with Crippen LogP contribution in [0.2, 0.25) is 0 Å². The molecule has 6 nitrogen and oxygen atoms in total. The number of aryl methyl sites for hydroxylation is 1. The molecule has 1 heterocycles. The summed E-state index contributed by atoms with van der Waals surface area (Å²) in [4.78, 5) is 15.2. The first-order valence-corrected chi connectivity index (χ1v) is 11.7. The normalized spacial score (nSPS) is 15.0. The number of ether oxygens (including phenoxy) is 1. The summed E-state index contributed by atoms with van der Waals surface area (Å²) in [5, 5.41) is 0. The SMILES string of the molecule is COc1ccc2c(c1)CN(C(=O)C(CC(C)C)NS(=O)(=O)c1ccc(C)cc1)CC2. The minimum Gasteiger partial charge on any atom is -0.497 e. The number of hydrogen-bond acceptors (Lipinski definition) is 4. The number of benzene rings is 2. The molecule has 2 aromatic rings. The Kier molecular flexibility index (Phi) is 6.83. The molecule has 1 aliphatic rings. The van der Waals surface area contributed by atoms with E-state index in [2.05, 4.69) is 4.72 Å². The lowest BCUT2D eigenvalue weighted by Crippen LogP contribution is -2.50. The molecule has 2 aromatic carbocycles. The van der Waals surface area contributed by atoms with Crippen LogP contribution < -0.4 is 9.46 Å². The van der Waals surface area contributed by atoms with Crippen LogP contribution in [0, 0.1) is 12.8 Å². The zero-order valence-corrected chi connectivity index (χ0v) is 18.8. The van der Waals surface area contributed by atoms with Gasteiger partial charge in [0, 0.05) is 13.1 Å². The Labute approximate surface area is 179 Å². The van der Waals surface area contributed by atoms with Gasteiger partial charge in [-0.3, -0.25) is 4.79 Å². The second-order valence-electron chi connectivity index (χ2n) is 8.26. The van der Waals surface area contributed by atoms with Crippen molar-refractivity contribution in [1.29, 1.82) is 0 Å². The van der Waals surface area contributed by atoms with Gasteiger partial charge in [0.25, 0.3) is 0 Å². The van der Waals surface area contributed by atoms with Crippen LogP contribution in [-0.4, -0.2) is 38.9 Å². The number of sulfonamides is 1. The van der Waals surface area contributed by atoms with Crippen molar-refractivity contribution in [3.63, 3.8) is 0 Å². The second-order valence-corrected chi connectivity index (χ2v) is 9.97. The summed E-state index contributed by atoms with van der Waals surface area (Å²) in [5.74, 6) is 0.728. The maximum Gasteiger partial charge on any atom is 0.241 e. The van der Waals surface area contributed by atoms with Gasteiger partial charge < -0.3 is 9.64 Å². The van der Waals surface area contributed by atoms with Crippen molar-refractivity contribution in [1.82, 2.24) is 9.62 Å². The fraction of sp³-hybridized carbons (Fsp3) is 0.435. The summed E-state index contributed by atoms with van der Waals surface area (Å²) in [7, 11) is -2.18. The van der Waals surface area contributed by atoms with Gasteiger partial charge in [-0.2, -0.15) is 4.72 Å². The summed E-state index contributed by atoms with van der Waals surface area (Å²) in [5.41, 5.74) is 3.21. The molecule has 162 valence electrons. The summed E-state index contributed by atoms with van der Waals surface area (Å²) < 4.78 is 33.8. The molecule has 1 N–H and O–H groups in total. The van der Waals surface area contributed by atoms with Gasteiger partial charge in [-0.05, 0) is 61.1 Å². The van der Waals surface area contributed by atoms with Crippen molar-refractivity contribution in [2.45, 2.75) is 51.1 Å². The van der Waals surface area contributed by atoms with Gasteiger partial charge in [0.2, 0.25) is 15.9 Å². The highest BCUT2D eigenvalue weighted by Gasteiger charge is 2.31. The molecule has 30 heavy (non-hydrogen) atoms. The number of rotatable bonds is 7. The van der Waals surface area contributed by atoms with Crippen LogP contribution in [0.1, 0.15) is 37.0 Å². The highest BCUT2D eigenvalue weighted by Crippen LogP contribution is 2.25. The number of nitrogens with zero attached hydrogens (tertiary/aromatic N) is 1. The zero-order chi connectivity index (χ0) is 21.9. The minimum atomic E-state index is -3.79. The molecule has 3 rings (SSSR count). The first-order chi connectivity index (χ1) is 14.2. The van der Waals surface area contributed by atoms with E-state index in [1.165, 1.54) is 5.56 Å². The summed E-state index contributed by atoms with van der Waals surface area (Å²) in [6.07, 6.45) is 1.18. The van der Waals surface area contributed by atoms with E-state index in [0.29, 0.717) is 19.5 Å². The fourth-order valence-electron chi connectivity index (χ4n) is 3.71. The first kappa shape index (κ1) is 22.3. The van der Waals surface area contributed by atoms with Crippen LogP contribution in [0.3, 0.4) is 0 Å². The summed E-state index contributed by atoms with van der Waals surface area (Å²) >= 11 is 0. The molecule has 7 heteroatoms. The highest BCUT2D eigenvalue weighted by atomic mass is 32.2. The largest absolute Gasteiger partial charge is 0.497 e. The molecule has 1 atom stereocenters. The third-order valence-electron chi connectivity index (χ3n) is 5.37. The van der Waals surface area contributed by atoms with Gasteiger partial charge >= 0.3 is 0 Å². The monoisotopic (exact) mass is 430 g/mol. The Bertz CT molecular complexity index is 1000. The van der Waals surface area contributed by atoms with E-state index in [0.717, 1.165) is 23.3 Å². The molecule has 1 aliphatic heterocycles. The number of methoxy groups -OCH3 is 1. The molecule has 0 bridgehead atoms. The molecule has 0 aliphatic carbocycles.